The van der Waals surface area contributed by atoms with Crippen LogP contribution >= 0.6 is 27.5 Å². The van der Waals surface area contributed by atoms with E-state index < -0.39 is 10.0 Å². The molecule has 0 aliphatic rings. The summed E-state index contributed by atoms with van der Waals surface area (Å²) in [4.78, 5) is 0. The second-order valence-electron chi connectivity index (χ2n) is 4.44. The van der Waals surface area contributed by atoms with Crippen molar-refractivity contribution >= 4 is 37.6 Å². The number of rotatable bonds is 6. The lowest BCUT2D eigenvalue weighted by atomic mass is 10.1. The number of hydrogen-bond acceptors (Lipinski definition) is 2. The van der Waals surface area contributed by atoms with Crippen molar-refractivity contribution in [1.82, 2.24) is 4.72 Å². The molecule has 0 heterocycles. The van der Waals surface area contributed by atoms with Gasteiger partial charge in [-0.3, -0.25) is 0 Å². The Bertz CT molecular complexity index is 493. The molecule has 0 radical (unpaired) electrons. The fourth-order valence-electron chi connectivity index (χ4n) is 1.58. The second kappa shape index (κ2) is 6.89. The van der Waals surface area contributed by atoms with Crippen LogP contribution in [0.4, 0.5) is 0 Å². The summed E-state index contributed by atoms with van der Waals surface area (Å²) in [5.41, 5.74) is 0.923. The average molecular weight is 355 g/mol. The van der Waals surface area contributed by atoms with E-state index in [0.717, 1.165) is 10.0 Å². The molecule has 6 heteroatoms. The van der Waals surface area contributed by atoms with E-state index in [1.807, 2.05) is 38.1 Å². The average Bonchev–Trinajstić information content (AvgIpc) is 2.27. The summed E-state index contributed by atoms with van der Waals surface area (Å²) in [5.74, 6) is 0.333. The predicted octanol–water partition coefficient (Wildman–Crippen LogP) is 3.30. The molecule has 3 nitrogen and oxygen atoms in total. The molecule has 0 bridgehead atoms. The van der Waals surface area contributed by atoms with Crippen LogP contribution in [0, 0.1) is 5.92 Å². The first kappa shape index (κ1) is 16.0. The molecule has 1 N–H and O–H groups in total. The molecular weight excluding hydrogens is 338 g/mol. The molecule has 1 aromatic carbocycles. The maximum atomic E-state index is 11.9. The molecule has 18 heavy (non-hydrogen) atoms. The van der Waals surface area contributed by atoms with Gasteiger partial charge in [-0.05, 0) is 30.5 Å². The molecule has 0 saturated carbocycles. The van der Waals surface area contributed by atoms with Crippen molar-refractivity contribution in [2.45, 2.75) is 19.9 Å². The second-order valence-corrected chi connectivity index (χ2v) is 7.46. The Morgan fingerprint density at radius 1 is 1.39 bits per heavy atom. The summed E-state index contributed by atoms with van der Waals surface area (Å²) in [6, 6.07) is 7.32. The first-order valence-electron chi connectivity index (χ1n) is 5.65. The van der Waals surface area contributed by atoms with Gasteiger partial charge in [0.25, 0.3) is 0 Å². The Morgan fingerprint density at radius 3 is 2.61 bits per heavy atom. The van der Waals surface area contributed by atoms with Crippen molar-refractivity contribution in [3.8, 4) is 0 Å². The summed E-state index contributed by atoms with van der Waals surface area (Å²) in [6.07, 6.45) is 0. The Hall–Kier alpha value is -0.100. The number of alkyl halides is 1. The third-order valence-electron chi connectivity index (χ3n) is 2.47. The van der Waals surface area contributed by atoms with Crippen LogP contribution in [0.2, 0.25) is 0 Å². The number of nitrogens with one attached hydrogen (secondary N) is 1. The quantitative estimate of drug-likeness (QED) is 0.797. The molecule has 2 atom stereocenters. The van der Waals surface area contributed by atoms with Crippen LogP contribution in [0.25, 0.3) is 0 Å². The van der Waals surface area contributed by atoms with E-state index in [4.69, 9.17) is 11.6 Å². The zero-order valence-corrected chi connectivity index (χ0v) is 13.5. The molecule has 0 aliphatic carbocycles. The molecule has 1 rings (SSSR count). The maximum Gasteiger partial charge on any atom is 0.212 e. The van der Waals surface area contributed by atoms with Gasteiger partial charge in [0.2, 0.25) is 10.0 Å². The van der Waals surface area contributed by atoms with Gasteiger partial charge in [0.15, 0.2) is 0 Å². The summed E-state index contributed by atoms with van der Waals surface area (Å²) in [6.45, 7) is 3.64. The van der Waals surface area contributed by atoms with Crippen molar-refractivity contribution in [2.24, 2.45) is 5.92 Å². The van der Waals surface area contributed by atoms with E-state index in [0.29, 0.717) is 5.88 Å². The van der Waals surface area contributed by atoms with Gasteiger partial charge < -0.3 is 0 Å². The van der Waals surface area contributed by atoms with Gasteiger partial charge in [-0.25, -0.2) is 13.1 Å². The van der Waals surface area contributed by atoms with E-state index in [9.17, 15) is 8.42 Å². The Labute approximate surface area is 122 Å². The Kier molecular flexibility index (Phi) is 6.11. The summed E-state index contributed by atoms with van der Waals surface area (Å²) in [7, 11) is -3.30. The van der Waals surface area contributed by atoms with E-state index in [2.05, 4.69) is 20.7 Å². The van der Waals surface area contributed by atoms with E-state index in [-0.39, 0.29) is 17.7 Å². The SMILES string of the molecule is CC(CCl)CS(=O)(=O)N[C@@H](C)c1cccc(Br)c1. The fourth-order valence-corrected chi connectivity index (χ4v) is 3.87. The molecule has 0 aliphatic heterocycles. The van der Waals surface area contributed by atoms with Crippen LogP contribution in [-0.2, 0) is 10.0 Å². The van der Waals surface area contributed by atoms with E-state index in [1.54, 1.807) is 0 Å². The zero-order chi connectivity index (χ0) is 13.8. The van der Waals surface area contributed by atoms with Gasteiger partial charge in [-0.2, -0.15) is 0 Å². The highest BCUT2D eigenvalue weighted by Gasteiger charge is 2.18. The third-order valence-corrected chi connectivity index (χ3v) is 5.21. The van der Waals surface area contributed by atoms with Gasteiger partial charge in [0.05, 0.1) is 5.75 Å². The Balaban J connectivity index is 2.72. The van der Waals surface area contributed by atoms with Crippen LogP contribution in [0.5, 0.6) is 0 Å². The smallest absolute Gasteiger partial charge is 0.212 e. The van der Waals surface area contributed by atoms with Crippen molar-refractivity contribution in [1.29, 1.82) is 0 Å². The van der Waals surface area contributed by atoms with Crippen LogP contribution in [0.15, 0.2) is 28.7 Å². The number of sulfonamides is 1. The molecule has 0 aromatic heterocycles. The number of benzene rings is 1. The van der Waals surface area contributed by atoms with E-state index in [1.165, 1.54) is 0 Å². The largest absolute Gasteiger partial charge is 0.212 e. The van der Waals surface area contributed by atoms with Crippen LogP contribution in [0.1, 0.15) is 25.5 Å². The molecule has 0 fully saturated rings. The first-order chi connectivity index (χ1) is 8.34. The maximum absolute atomic E-state index is 11.9. The normalized spacial score (nSPS) is 15.3. The van der Waals surface area contributed by atoms with Crippen molar-refractivity contribution in [3.63, 3.8) is 0 Å². The summed E-state index contributed by atoms with van der Waals surface area (Å²) in [5, 5.41) is 0. The molecule has 1 aromatic rings. The third kappa shape index (κ3) is 5.26. The lowest BCUT2D eigenvalue weighted by molar-refractivity contribution is 0.555. The molecule has 1 unspecified atom stereocenters. The predicted molar refractivity (Wildman–Crippen MR) is 79.4 cm³/mol. The van der Waals surface area contributed by atoms with Crippen LogP contribution in [-0.4, -0.2) is 20.1 Å². The Morgan fingerprint density at radius 2 is 2.06 bits per heavy atom. The van der Waals surface area contributed by atoms with Crippen molar-refractivity contribution in [3.05, 3.63) is 34.3 Å². The summed E-state index contributed by atoms with van der Waals surface area (Å²) < 4.78 is 27.4. The number of halogens is 2. The fraction of sp³-hybridized carbons (Fsp3) is 0.500. The lowest BCUT2D eigenvalue weighted by Gasteiger charge is -2.16. The number of hydrogen-bond donors (Lipinski definition) is 1. The molecule has 102 valence electrons. The molecule has 0 amide bonds. The van der Waals surface area contributed by atoms with Gasteiger partial charge in [-0.1, -0.05) is 35.0 Å². The minimum absolute atomic E-state index is 0.0504. The minimum Gasteiger partial charge on any atom is -0.212 e. The standard InChI is InChI=1S/C12H17BrClNO2S/c1-9(7-14)8-18(16,17)15-10(2)11-4-3-5-12(13)6-11/h3-6,9-10,15H,7-8H2,1-2H3/t9?,10-/m0/s1. The van der Waals surface area contributed by atoms with Crippen molar-refractivity contribution in [2.75, 3.05) is 11.6 Å². The van der Waals surface area contributed by atoms with E-state index >= 15 is 0 Å². The highest BCUT2D eigenvalue weighted by molar-refractivity contribution is 9.10. The highest BCUT2D eigenvalue weighted by atomic mass is 79.9. The monoisotopic (exact) mass is 353 g/mol. The zero-order valence-electron chi connectivity index (χ0n) is 10.4. The molecule has 0 saturated heterocycles. The molecular formula is C12H17BrClNO2S. The van der Waals surface area contributed by atoms with Gasteiger partial charge in [0, 0.05) is 16.4 Å². The van der Waals surface area contributed by atoms with Crippen LogP contribution < -0.4 is 4.72 Å². The van der Waals surface area contributed by atoms with Crippen molar-refractivity contribution < 1.29 is 8.42 Å². The minimum atomic E-state index is -3.30. The van der Waals surface area contributed by atoms with Gasteiger partial charge in [0.1, 0.15) is 0 Å². The van der Waals surface area contributed by atoms with Gasteiger partial charge >= 0.3 is 0 Å². The first-order valence-corrected chi connectivity index (χ1v) is 8.63. The van der Waals surface area contributed by atoms with Gasteiger partial charge in [-0.15, -0.1) is 11.6 Å². The molecule has 0 spiro atoms. The lowest BCUT2D eigenvalue weighted by Crippen LogP contribution is -2.31. The van der Waals surface area contributed by atoms with Crippen LogP contribution in [0.3, 0.4) is 0 Å². The topological polar surface area (TPSA) is 46.2 Å². The highest BCUT2D eigenvalue weighted by Crippen LogP contribution is 2.18. The summed E-state index contributed by atoms with van der Waals surface area (Å²) >= 11 is 9.00.